The predicted molar refractivity (Wildman–Crippen MR) is 147 cm³/mol. The van der Waals surface area contributed by atoms with E-state index in [-0.39, 0.29) is 28.7 Å². The molecule has 0 spiro atoms. The zero-order valence-corrected chi connectivity index (χ0v) is 22.0. The van der Waals surface area contributed by atoms with E-state index in [4.69, 9.17) is 26.0 Å². The van der Waals surface area contributed by atoms with Crippen molar-refractivity contribution in [1.82, 2.24) is 14.5 Å². The topological polar surface area (TPSA) is 165 Å². The minimum absolute atomic E-state index is 0.0411. The average Bonchev–Trinajstić information content (AvgIpc) is 3.77. The van der Waals surface area contributed by atoms with Gasteiger partial charge in [0.05, 0.1) is 31.3 Å². The smallest absolute Gasteiger partial charge is 0.493 e. The standard InChI is InChI=1S/C28H25F2N5O6/c1-39-20-9-13(8-15-11-33-27(32)34-26(15)31)7-14(25(20)40-2)3-6-17-19(29)10-18-23(22(17)30)35(16-4-5-16)12-21(24(18)36)41-28(37)38/h3,6-7,9-12,16H,4-5,8H2,1-2H3,(H,37,38)(H4,31,32,33,34)/b6-3-. The summed E-state index contributed by atoms with van der Waals surface area (Å²) in [4.78, 5) is 31.8. The van der Waals surface area contributed by atoms with Crippen LogP contribution >= 0.6 is 0 Å². The highest BCUT2D eigenvalue weighted by molar-refractivity contribution is 5.86. The van der Waals surface area contributed by atoms with Crippen LogP contribution in [0.3, 0.4) is 0 Å². The number of rotatable bonds is 8. The largest absolute Gasteiger partial charge is 0.511 e. The number of benzene rings is 2. The molecule has 0 radical (unpaired) electrons. The number of nitrogen functional groups attached to an aromatic ring is 2. The SMILES string of the molecule is COc1cc(Cc2cnc(N)nc2N)cc(/C=C\c2c(F)cc3c(=O)c(OC(=O)O)cn(C4CC4)c3c2F)c1OC. The molecule has 0 bridgehead atoms. The monoisotopic (exact) mass is 565 g/mol. The first kappa shape index (κ1) is 27.4. The lowest BCUT2D eigenvalue weighted by Gasteiger charge is -2.15. The highest BCUT2D eigenvalue weighted by atomic mass is 19.1. The lowest BCUT2D eigenvalue weighted by atomic mass is 10.0. The van der Waals surface area contributed by atoms with E-state index in [0.29, 0.717) is 41.9 Å². The third kappa shape index (κ3) is 5.33. The highest BCUT2D eigenvalue weighted by Crippen LogP contribution is 2.40. The number of hydrogen-bond donors (Lipinski definition) is 3. The third-order valence-electron chi connectivity index (χ3n) is 6.66. The van der Waals surface area contributed by atoms with Gasteiger partial charge in [-0.1, -0.05) is 6.08 Å². The summed E-state index contributed by atoms with van der Waals surface area (Å²) in [5, 5.41) is 8.66. The van der Waals surface area contributed by atoms with Crippen molar-refractivity contribution in [2.45, 2.75) is 25.3 Å². The maximum atomic E-state index is 15.9. The van der Waals surface area contributed by atoms with Crippen LogP contribution in [0.1, 0.15) is 41.1 Å². The Morgan fingerprint density at radius 2 is 1.90 bits per heavy atom. The van der Waals surface area contributed by atoms with Gasteiger partial charge in [0.2, 0.25) is 11.4 Å². The van der Waals surface area contributed by atoms with Crippen molar-refractivity contribution in [2.24, 2.45) is 0 Å². The number of aromatic nitrogens is 3. The normalized spacial score (nSPS) is 13.1. The Hall–Kier alpha value is -5.20. The summed E-state index contributed by atoms with van der Waals surface area (Å²) in [6, 6.07) is 4.16. The van der Waals surface area contributed by atoms with Crippen molar-refractivity contribution in [3.63, 3.8) is 0 Å². The molecular weight excluding hydrogens is 540 g/mol. The van der Waals surface area contributed by atoms with E-state index in [1.165, 1.54) is 37.1 Å². The van der Waals surface area contributed by atoms with Gasteiger partial charge in [0.15, 0.2) is 23.1 Å². The summed E-state index contributed by atoms with van der Waals surface area (Å²) < 4.78 is 48.2. The quantitative estimate of drug-likeness (QED) is 0.206. The van der Waals surface area contributed by atoms with Gasteiger partial charge in [0, 0.05) is 35.3 Å². The fraction of sp³-hybridized carbons (Fsp3) is 0.214. The molecule has 2 aromatic heterocycles. The first-order chi connectivity index (χ1) is 19.6. The molecule has 11 nitrogen and oxygen atoms in total. The number of nitrogens with zero attached hydrogens (tertiary/aromatic N) is 3. The van der Waals surface area contributed by atoms with Crippen LogP contribution in [-0.4, -0.2) is 40.0 Å². The Morgan fingerprint density at radius 3 is 2.54 bits per heavy atom. The van der Waals surface area contributed by atoms with Crippen LogP contribution in [0.5, 0.6) is 17.2 Å². The number of carboxylic acid groups (broad SMARTS) is 1. The van der Waals surface area contributed by atoms with E-state index < -0.39 is 34.5 Å². The Labute approximate surface area is 231 Å². The number of halogens is 2. The van der Waals surface area contributed by atoms with E-state index >= 15 is 8.78 Å². The van der Waals surface area contributed by atoms with Gasteiger partial charge in [-0.25, -0.2) is 18.6 Å². The van der Waals surface area contributed by atoms with Gasteiger partial charge < -0.3 is 35.4 Å². The molecule has 212 valence electrons. The van der Waals surface area contributed by atoms with Crippen LogP contribution in [0.15, 0.2) is 35.4 Å². The van der Waals surface area contributed by atoms with Crippen LogP contribution < -0.4 is 31.1 Å². The molecule has 2 aromatic carbocycles. The molecule has 0 unspecified atom stereocenters. The van der Waals surface area contributed by atoms with E-state index in [1.54, 1.807) is 12.1 Å². The number of pyridine rings is 1. The molecule has 0 aliphatic heterocycles. The molecule has 13 heteroatoms. The summed E-state index contributed by atoms with van der Waals surface area (Å²) in [5.41, 5.74) is 11.9. The molecule has 41 heavy (non-hydrogen) atoms. The molecule has 0 atom stereocenters. The number of ether oxygens (including phenoxy) is 3. The van der Waals surface area contributed by atoms with E-state index in [9.17, 15) is 9.59 Å². The second kappa shape index (κ2) is 10.8. The van der Waals surface area contributed by atoms with Crippen LogP contribution in [-0.2, 0) is 6.42 Å². The van der Waals surface area contributed by atoms with Crippen molar-refractivity contribution in [1.29, 1.82) is 0 Å². The zero-order chi connectivity index (χ0) is 29.4. The van der Waals surface area contributed by atoms with Crippen LogP contribution in [0, 0.1) is 11.6 Å². The maximum Gasteiger partial charge on any atom is 0.511 e. The van der Waals surface area contributed by atoms with Crippen molar-refractivity contribution in [3.8, 4) is 17.2 Å². The number of anilines is 2. The second-order valence-corrected chi connectivity index (χ2v) is 9.38. The summed E-state index contributed by atoms with van der Waals surface area (Å²) in [7, 11) is 2.89. The van der Waals surface area contributed by atoms with E-state index in [0.717, 1.165) is 17.8 Å². The van der Waals surface area contributed by atoms with Crippen molar-refractivity contribution >= 4 is 41.0 Å². The number of nitrogens with two attached hydrogens (primary N) is 2. The third-order valence-corrected chi connectivity index (χ3v) is 6.66. The Balaban J connectivity index is 1.61. The van der Waals surface area contributed by atoms with Crippen LogP contribution in [0.2, 0.25) is 0 Å². The van der Waals surface area contributed by atoms with Crippen molar-refractivity contribution in [2.75, 3.05) is 25.7 Å². The Bertz CT molecular complexity index is 1790. The summed E-state index contributed by atoms with van der Waals surface area (Å²) in [6.45, 7) is 0. The van der Waals surface area contributed by atoms with Crippen molar-refractivity contribution < 1.29 is 32.9 Å². The van der Waals surface area contributed by atoms with Gasteiger partial charge in [-0.05, 0) is 42.7 Å². The van der Waals surface area contributed by atoms with Crippen molar-refractivity contribution in [3.05, 3.63) is 74.7 Å². The summed E-state index contributed by atoms with van der Waals surface area (Å²) in [5.74, 6) is -1.58. The van der Waals surface area contributed by atoms with Gasteiger partial charge in [-0.2, -0.15) is 4.98 Å². The summed E-state index contributed by atoms with van der Waals surface area (Å²) in [6.07, 6.45) is 5.31. The molecule has 4 aromatic rings. The number of hydrogen-bond acceptors (Lipinski definition) is 9. The zero-order valence-electron chi connectivity index (χ0n) is 22.0. The molecule has 0 amide bonds. The molecule has 2 heterocycles. The minimum atomic E-state index is -1.71. The first-order valence-electron chi connectivity index (χ1n) is 12.4. The van der Waals surface area contributed by atoms with Crippen LogP contribution in [0.4, 0.5) is 25.3 Å². The Kier molecular flexibility index (Phi) is 7.18. The lowest BCUT2D eigenvalue weighted by Crippen LogP contribution is -2.17. The maximum absolute atomic E-state index is 15.9. The Morgan fingerprint density at radius 1 is 1.15 bits per heavy atom. The molecule has 1 aliphatic carbocycles. The lowest BCUT2D eigenvalue weighted by molar-refractivity contribution is 0.143. The minimum Gasteiger partial charge on any atom is -0.493 e. The fourth-order valence-corrected chi connectivity index (χ4v) is 4.63. The molecule has 1 saturated carbocycles. The molecule has 5 N–H and O–H groups in total. The molecule has 0 saturated heterocycles. The van der Waals surface area contributed by atoms with Gasteiger partial charge in [0.25, 0.3) is 0 Å². The highest BCUT2D eigenvalue weighted by Gasteiger charge is 2.29. The average molecular weight is 566 g/mol. The first-order valence-corrected chi connectivity index (χ1v) is 12.4. The number of carbonyl (C=O) groups is 1. The molecule has 5 rings (SSSR count). The predicted octanol–water partition coefficient (Wildman–Crippen LogP) is 4.40. The van der Waals surface area contributed by atoms with Gasteiger partial charge in [-0.15, -0.1) is 0 Å². The molecule has 1 aliphatic rings. The molecule has 1 fully saturated rings. The van der Waals surface area contributed by atoms with Crippen LogP contribution in [0.25, 0.3) is 23.1 Å². The van der Waals surface area contributed by atoms with Gasteiger partial charge in [-0.3, -0.25) is 4.79 Å². The summed E-state index contributed by atoms with van der Waals surface area (Å²) >= 11 is 0. The number of methoxy groups -OCH3 is 2. The number of fused-ring (bicyclic) bond motifs is 1. The second-order valence-electron chi connectivity index (χ2n) is 9.38. The van der Waals surface area contributed by atoms with Gasteiger partial charge in [0.1, 0.15) is 11.6 Å². The van der Waals surface area contributed by atoms with E-state index in [1.807, 2.05) is 0 Å². The van der Waals surface area contributed by atoms with Gasteiger partial charge >= 0.3 is 6.16 Å². The molecular formula is C28H25F2N5O6. The van der Waals surface area contributed by atoms with E-state index in [2.05, 4.69) is 14.7 Å². The fourth-order valence-electron chi connectivity index (χ4n) is 4.63.